The summed E-state index contributed by atoms with van der Waals surface area (Å²) in [6, 6.07) is 9.75. The minimum Gasteiger partial charge on any atom is -0.491 e. The molecule has 0 aliphatic heterocycles. The Morgan fingerprint density at radius 1 is 1.31 bits per heavy atom. The molecule has 0 bridgehead atoms. The molecule has 0 aliphatic rings. The first-order valence-corrected chi connectivity index (χ1v) is 4.65. The standard InChI is InChI=1S/C11H16O2/c1-10(6-5-9-12)13-11-7-3-2-4-8-11/h2-4,7-8,10,12H,5-6,9H2,1H3. The first-order valence-electron chi connectivity index (χ1n) is 4.65. The third-order valence-electron chi connectivity index (χ3n) is 1.85. The molecule has 0 saturated carbocycles. The van der Waals surface area contributed by atoms with Gasteiger partial charge in [-0.1, -0.05) is 18.2 Å². The van der Waals surface area contributed by atoms with Gasteiger partial charge in [0.2, 0.25) is 0 Å². The van der Waals surface area contributed by atoms with E-state index in [1.165, 1.54) is 0 Å². The van der Waals surface area contributed by atoms with Crippen molar-refractivity contribution < 1.29 is 9.84 Å². The SMILES string of the molecule is CC(CCCO)Oc1ccccc1. The Labute approximate surface area is 79.2 Å². The van der Waals surface area contributed by atoms with Crippen LogP contribution in [-0.2, 0) is 0 Å². The van der Waals surface area contributed by atoms with Gasteiger partial charge in [0.05, 0.1) is 6.10 Å². The van der Waals surface area contributed by atoms with Gasteiger partial charge >= 0.3 is 0 Å². The Kier molecular flexibility index (Phi) is 4.33. The van der Waals surface area contributed by atoms with Crippen LogP contribution in [0.15, 0.2) is 30.3 Å². The summed E-state index contributed by atoms with van der Waals surface area (Å²) in [7, 11) is 0. The molecule has 1 atom stereocenters. The molecule has 0 radical (unpaired) electrons. The Balaban J connectivity index is 2.32. The van der Waals surface area contributed by atoms with Gasteiger partial charge in [-0.3, -0.25) is 0 Å². The summed E-state index contributed by atoms with van der Waals surface area (Å²) in [4.78, 5) is 0. The highest BCUT2D eigenvalue weighted by molar-refractivity contribution is 5.21. The number of hydrogen-bond donors (Lipinski definition) is 1. The average Bonchev–Trinajstić information content (AvgIpc) is 2.16. The summed E-state index contributed by atoms with van der Waals surface area (Å²) >= 11 is 0. The number of rotatable bonds is 5. The lowest BCUT2D eigenvalue weighted by Crippen LogP contribution is -2.11. The van der Waals surface area contributed by atoms with Crippen LogP contribution in [0, 0.1) is 0 Å². The predicted molar refractivity (Wildman–Crippen MR) is 52.9 cm³/mol. The molecule has 1 aromatic rings. The van der Waals surface area contributed by atoms with Crippen LogP contribution in [0.4, 0.5) is 0 Å². The second-order valence-electron chi connectivity index (χ2n) is 3.11. The fourth-order valence-corrected chi connectivity index (χ4v) is 1.17. The summed E-state index contributed by atoms with van der Waals surface area (Å²) in [6.45, 7) is 2.26. The van der Waals surface area contributed by atoms with Crippen molar-refractivity contribution in [3.05, 3.63) is 30.3 Å². The van der Waals surface area contributed by atoms with Crippen molar-refractivity contribution >= 4 is 0 Å². The molecule has 0 spiro atoms. The van der Waals surface area contributed by atoms with Crippen molar-refractivity contribution in [3.63, 3.8) is 0 Å². The van der Waals surface area contributed by atoms with E-state index in [9.17, 15) is 0 Å². The Hall–Kier alpha value is -1.02. The highest BCUT2D eigenvalue weighted by atomic mass is 16.5. The zero-order valence-electron chi connectivity index (χ0n) is 7.94. The molecule has 0 amide bonds. The normalized spacial score (nSPS) is 12.5. The largest absolute Gasteiger partial charge is 0.491 e. The monoisotopic (exact) mass is 180 g/mol. The molecule has 1 aromatic carbocycles. The van der Waals surface area contributed by atoms with Crippen LogP contribution in [0.2, 0.25) is 0 Å². The maximum Gasteiger partial charge on any atom is 0.119 e. The summed E-state index contributed by atoms with van der Waals surface area (Å²) in [5.74, 6) is 0.896. The van der Waals surface area contributed by atoms with Crippen molar-refractivity contribution in [3.8, 4) is 5.75 Å². The smallest absolute Gasteiger partial charge is 0.119 e. The van der Waals surface area contributed by atoms with E-state index in [0.717, 1.165) is 18.6 Å². The molecule has 1 N–H and O–H groups in total. The zero-order chi connectivity index (χ0) is 9.52. The van der Waals surface area contributed by atoms with Gasteiger partial charge in [-0.25, -0.2) is 0 Å². The second kappa shape index (κ2) is 5.60. The molecule has 1 rings (SSSR count). The molecule has 0 saturated heterocycles. The van der Waals surface area contributed by atoms with Crippen LogP contribution >= 0.6 is 0 Å². The van der Waals surface area contributed by atoms with E-state index in [-0.39, 0.29) is 12.7 Å². The Morgan fingerprint density at radius 2 is 2.00 bits per heavy atom. The molecule has 2 heteroatoms. The van der Waals surface area contributed by atoms with Crippen molar-refractivity contribution in [2.75, 3.05) is 6.61 Å². The number of aliphatic hydroxyl groups excluding tert-OH is 1. The van der Waals surface area contributed by atoms with Gasteiger partial charge in [0, 0.05) is 6.61 Å². The lowest BCUT2D eigenvalue weighted by atomic mass is 10.2. The molecule has 72 valence electrons. The van der Waals surface area contributed by atoms with Crippen molar-refractivity contribution in [1.29, 1.82) is 0 Å². The lowest BCUT2D eigenvalue weighted by molar-refractivity contribution is 0.189. The molecule has 0 aliphatic carbocycles. The van der Waals surface area contributed by atoms with Crippen LogP contribution in [-0.4, -0.2) is 17.8 Å². The van der Waals surface area contributed by atoms with Crippen LogP contribution in [0.1, 0.15) is 19.8 Å². The highest BCUT2D eigenvalue weighted by Gasteiger charge is 2.01. The molecule has 0 heterocycles. The highest BCUT2D eigenvalue weighted by Crippen LogP contribution is 2.12. The molecule has 0 aromatic heterocycles. The van der Waals surface area contributed by atoms with E-state index in [4.69, 9.17) is 9.84 Å². The van der Waals surface area contributed by atoms with E-state index < -0.39 is 0 Å². The number of hydrogen-bond acceptors (Lipinski definition) is 2. The van der Waals surface area contributed by atoms with E-state index in [2.05, 4.69) is 0 Å². The van der Waals surface area contributed by atoms with Crippen molar-refractivity contribution in [2.45, 2.75) is 25.9 Å². The van der Waals surface area contributed by atoms with E-state index >= 15 is 0 Å². The molecular formula is C11H16O2. The molecule has 13 heavy (non-hydrogen) atoms. The van der Waals surface area contributed by atoms with Gasteiger partial charge < -0.3 is 9.84 Å². The summed E-state index contributed by atoms with van der Waals surface area (Å²) < 4.78 is 5.61. The fourth-order valence-electron chi connectivity index (χ4n) is 1.17. The maximum atomic E-state index is 8.63. The van der Waals surface area contributed by atoms with Gasteiger partial charge in [0.1, 0.15) is 5.75 Å². The quantitative estimate of drug-likeness (QED) is 0.753. The lowest BCUT2D eigenvalue weighted by Gasteiger charge is -2.13. The molecule has 1 unspecified atom stereocenters. The predicted octanol–water partition coefficient (Wildman–Crippen LogP) is 2.23. The number of benzene rings is 1. The van der Waals surface area contributed by atoms with E-state index in [1.807, 2.05) is 37.3 Å². The fraction of sp³-hybridized carbons (Fsp3) is 0.455. The summed E-state index contributed by atoms with van der Waals surface area (Å²) in [6.07, 6.45) is 1.87. The van der Waals surface area contributed by atoms with Gasteiger partial charge in [-0.2, -0.15) is 0 Å². The summed E-state index contributed by atoms with van der Waals surface area (Å²) in [5.41, 5.74) is 0. The number of ether oxygens (including phenoxy) is 1. The third kappa shape index (κ3) is 3.95. The first kappa shape index (κ1) is 10.1. The van der Waals surface area contributed by atoms with Gasteiger partial charge in [0.25, 0.3) is 0 Å². The van der Waals surface area contributed by atoms with Gasteiger partial charge in [0.15, 0.2) is 0 Å². The van der Waals surface area contributed by atoms with Crippen LogP contribution in [0.3, 0.4) is 0 Å². The summed E-state index contributed by atoms with van der Waals surface area (Å²) in [5, 5.41) is 8.63. The van der Waals surface area contributed by atoms with Crippen molar-refractivity contribution in [1.82, 2.24) is 0 Å². The first-order chi connectivity index (χ1) is 6.33. The van der Waals surface area contributed by atoms with E-state index in [1.54, 1.807) is 0 Å². The van der Waals surface area contributed by atoms with Crippen LogP contribution in [0.5, 0.6) is 5.75 Å². The van der Waals surface area contributed by atoms with Crippen LogP contribution in [0.25, 0.3) is 0 Å². The molecule has 2 nitrogen and oxygen atoms in total. The minimum atomic E-state index is 0.176. The van der Waals surface area contributed by atoms with Crippen molar-refractivity contribution in [2.24, 2.45) is 0 Å². The Bertz CT molecular complexity index is 221. The van der Waals surface area contributed by atoms with E-state index in [0.29, 0.717) is 0 Å². The Morgan fingerprint density at radius 3 is 2.62 bits per heavy atom. The third-order valence-corrected chi connectivity index (χ3v) is 1.85. The average molecular weight is 180 g/mol. The molecular weight excluding hydrogens is 164 g/mol. The maximum absolute atomic E-state index is 8.63. The van der Waals surface area contributed by atoms with Crippen LogP contribution < -0.4 is 4.74 Å². The molecule has 0 fully saturated rings. The van der Waals surface area contributed by atoms with Gasteiger partial charge in [-0.05, 0) is 31.9 Å². The topological polar surface area (TPSA) is 29.5 Å². The number of para-hydroxylation sites is 1. The number of aliphatic hydroxyl groups is 1. The minimum absolute atomic E-state index is 0.176. The zero-order valence-corrected chi connectivity index (χ0v) is 7.94. The van der Waals surface area contributed by atoms with Gasteiger partial charge in [-0.15, -0.1) is 0 Å². The second-order valence-corrected chi connectivity index (χ2v) is 3.11.